The van der Waals surface area contributed by atoms with Gasteiger partial charge in [-0.05, 0) is 19.4 Å². The first kappa shape index (κ1) is 14.4. The van der Waals surface area contributed by atoms with Crippen molar-refractivity contribution in [2.75, 3.05) is 6.61 Å². The van der Waals surface area contributed by atoms with Gasteiger partial charge in [0.25, 0.3) is 0 Å². The molecule has 0 heterocycles. The molecule has 0 fully saturated rings. The molecule has 0 aliphatic carbocycles. The van der Waals surface area contributed by atoms with Crippen molar-refractivity contribution >= 4 is 29.6 Å². The largest absolute Gasteiger partial charge is 0.462 e. The molecule has 0 aromatic heterocycles. The van der Waals surface area contributed by atoms with Crippen LogP contribution in [0.1, 0.15) is 45.5 Å². The molecular formula is C13H13ClO4. The van der Waals surface area contributed by atoms with Crippen LogP contribution < -0.4 is 0 Å². The van der Waals surface area contributed by atoms with Crippen LogP contribution in [0.25, 0.3) is 0 Å². The minimum atomic E-state index is -0.968. The van der Waals surface area contributed by atoms with Crippen LogP contribution in [-0.4, -0.2) is 24.6 Å². The summed E-state index contributed by atoms with van der Waals surface area (Å²) < 4.78 is 4.87. The van der Waals surface area contributed by atoms with Crippen molar-refractivity contribution in [1.82, 2.24) is 0 Å². The van der Waals surface area contributed by atoms with E-state index in [0.29, 0.717) is 11.8 Å². The quantitative estimate of drug-likeness (QED) is 0.468. The number of hydrogen-bond acceptors (Lipinski definition) is 4. The SMILES string of the molecule is CCOC(=O)c1c(C=O)cccc1C(Cl)C(C)=O. The summed E-state index contributed by atoms with van der Waals surface area (Å²) in [6.45, 7) is 3.16. The summed E-state index contributed by atoms with van der Waals surface area (Å²) in [6, 6.07) is 4.59. The van der Waals surface area contributed by atoms with Crippen molar-refractivity contribution in [2.45, 2.75) is 19.2 Å². The van der Waals surface area contributed by atoms with Crippen LogP contribution in [0.4, 0.5) is 0 Å². The third-order valence-corrected chi connectivity index (χ3v) is 2.91. The van der Waals surface area contributed by atoms with Gasteiger partial charge < -0.3 is 4.74 Å². The highest BCUT2D eigenvalue weighted by molar-refractivity contribution is 6.31. The molecule has 4 nitrogen and oxygen atoms in total. The van der Waals surface area contributed by atoms with E-state index in [4.69, 9.17) is 16.3 Å². The van der Waals surface area contributed by atoms with Crippen molar-refractivity contribution < 1.29 is 19.1 Å². The topological polar surface area (TPSA) is 60.4 Å². The van der Waals surface area contributed by atoms with E-state index in [1.807, 2.05) is 0 Å². The van der Waals surface area contributed by atoms with E-state index in [9.17, 15) is 14.4 Å². The monoisotopic (exact) mass is 268 g/mol. The highest BCUT2D eigenvalue weighted by Crippen LogP contribution is 2.27. The van der Waals surface area contributed by atoms with E-state index in [-0.39, 0.29) is 23.5 Å². The number of halogens is 1. The molecule has 18 heavy (non-hydrogen) atoms. The van der Waals surface area contributed by atoms with Crippen molar-refractivity contribution in [3.05, 3.63) is 34.9 Å². The van der Waals surface area contributed by atoms with Crippen molar-refractivity contribution in [3.8, 4) is 0 Å². The predicted molar refractivity (Wildman–Crippen MR) is 67.1 cm³/mol. The number of aldehydes is 1. The van der Waals surface area contributed by atoms with Crippen LogP contribution in [0.2, 0.25) is 0 Å². The summed E-state index contributed by atoms with van der Waals surface area (Å²) in [5.74, 6) is -0.952. The Hall–Kier alpha value is -1.68. The average Bonchev–Trinajstić information content (AvgIpc) is 2.36. The van der Waals surface area contributed by atoms with Gasteiger partial charge in [0.05, 0.1) is 12.2 Å². The third-order valence-electron chi connectivity index (χ3n) is 2.37. The molecule has 0 saturated heterocycles. The summed E-state index contributed by atoms with van der Waals surface area (Å²) in [4.78, 5) is 34.1. The van der Waals surface area contributed by atoms with Gasteiger partial charge in [-0.15, -0.1) is 11.6 Å². The van der Waals surface area contributed by atoms with Gasteiger partial charge in [0.2, 0.25) is 0 Å². The zero-order valence-corrected chi connectivity index (χ0v) is 10.9. The Kier molecular flexibility index (Phi) is 5.04. The number of hydrogen-bond donors (Lipinski definition) is 0. The molecule has 1 rings (SSSR count). The number of carbonyl (C=O) groups is 3. The molecule has 0 amide bonds. The van der Waals surface area contributed by atoms with Gasteiger partial charge >= 0.3 is 5.97 Å². The lowest BCUT2D eigenvalue weighted by atomic mass is 9.97. The number of benzene rings is 1. The Morgan fingerprint density at radius 3 is 2.61 bits per heavy atom. The van der Waals surface area contributed by atoms with E-state index in [2.05, 4.69) is 0 Å². The van der Waals surface area contributed by atoms with Crippen LogP contribution >= 0.6 is 11.6 Å². The van der Waals surface area contributed by atoms with Crippen molar-refractivity contribution in [1.29, 1.82) is 0 Å². The van der Waals surface area contributed by atoms with Gasteiger partial charge in [0, 0.05) is 5.56 Å². The van der Waals surface area contributed by atoms with Crippen LogP contribution in [0.5, 0.6) is 0 Å². The highest BCUT2D eigenvalue weighted by Gasteiger charge is 2.24. The summed E-state index contributed by atoms with van der Waals surface area (Å²) in [5, 5.41) is -0.968. The number of alkyl halides is 1. The highest BCUT2D eigenvalue weighted by atomic mass is 35.5. The van der Waals surface area contributed by atoms with Crippen LogP contribution in [-0.2, 0) is 9.53 Å². The molecule has 0 N–H and O–H groups in total. The van der Waals surface area contributed by atoms with Gasteiger partial charge in [0.15, 0.2) is 12.1 Å². The predicted octanol–water partition coefficient (Wildman–Crippen LogP) is 2.54. The summed E-state index contributed by atoms with van der Waals surface area (Å²) in [7, 11) is 0. The molecule has 0 aliphatic heterocycles. The molecule has 1 aromatic carbocycles. The second kappa shape index (κ2) is 6.31. The summed E-state index contributed by atoms with van der Waals surface area (Å²) >= 11 is 5.95. The fraction of sp³-hybridized carbons (Fsp3) is 0.308. The van der Waals surface area contributed by atoms with E-state index >= 15 is 0 Å². The minimum absolute atomic E-state index is 0.0598. The number of rotatable bonds is 5. The summed E-state index contributed by atoms with van der Waals surface area (Å²) in [6.07, 6.45) is 0.541. The van der Waals surface area contributed by atoms with Gasteiger partial charge in [-0.2, -0.15) is 0 Å². The molecule has 1 unspecified atom stereocenters. The first-order valence-electron chi connectivity index (χ1n) is 5.42. The zero-order chi connectivity index (χ0) is 13.7. The van der Waals surface area contributed by atoms with E-state index < -0.39 is 11.3 Å². The second-order valence-electron chi connectivity index (χ2n) is 3.62. The number of carbonyl (C=O) groups excluding carboxylic acids is 3. The van der Waals surface area contributed by atoms with Gasteiger partial charge in [0.1, 0.15) is 5.38 Å². The molecule has 5 heteroatoms. The fourth-order valence-corrected chi connectivity index (χ4v) is 1.74. The number of ketones is 1. The maximum atomic E-state index is 11.8. The zero-order valence-electron chi connectivity index (χ0n) is 10.1. The molecule has 1 atom stereocenters. The standard InChI is InChI=1S/C13H13ClO4/c1-3-18-13(17)11-9(7-15)5-4-6-10(11)12(14)8(2)16/h4-7,12H,3H2,1-2H3. The maximum absolute atomic E-state index is 11.8. The molecule has 1 aromatic rings. The van der Waals surface area contributed by atoms with Gasteiger partial charge in [-0.1, -0.05) is 18.2 Å². The number of Topliss-reactive ketones (excluding diaryl/α,β-unsaturated/α-hetero) is 1. The van der Waals surface area contributed by atoms with Gasteiger partial charge in [-0.3, -0.25) is 9.59 Å². The number of esters is 1. The Labute approximate surface area is 110 Å². The fourth-order valence-electron chi connectivity index (χ4n) is 1.56. The lowest BCUT2D eigenvalue weighted by Crippen LogP contribution is -2.14. The lowest BCUT2D eigenvalue weighted by molar-refractivity contribution is -0.116. The van der Waals surface area contributed by atoms with E-state index in [0.717, 1.165) is 0 Å². The van der Waals surface area contributed by atoms with Crippen LogP contribution in [0, 0.1) is 0 Å². The molecule has 96 valence electrons. The van der Waals surface area contributed by atoms with Crippen molar-refractivity contribution in [2.24, 2.45) is 0 Å². The molecule has 0 saturated carbocycles. The molecule has 0 bridgehead atoms. The first-order chi connectivity index (χ1) is 8.52. The first-order valence-corrected chi connectivity index (χ1v) is 5.86. The Morgan fingerprint density at radius 1 is 1.44 bits per heavy atom. The Bertz CT molecular complexity index is 482. The third kappa shape index (κ3) is 2.96. The van der Waals surface area contributed by atoms with E-state index in [1.165, 1.54) is 13.0 Å². The van der Waals surface area contributed by atoms with Crippen LogP contribution in [0.15, 0.2) is 18.2 Å². The van der Waals surface area contributed by atoms with Crippen molar-refractivity contribution in [3.63, 3.8) is 0 Å². The minimum Gasteiger partial charge on any atom is -0.462 e. The smallest absolute Gasteiger partial charge is 0.339 e. The van der Waals surface area contributed by atoms with Crippen LogP contribution in [0.3, 0.4) is 0 Å². The Balaban J connectivity index is 3.37. The maximum Gasteiger partial charge on any atom is 0.339 e. The van der Waals surface area contributed by atoms with E-state index in [1.54, 1.807) is 19.1 Å². The molecule has 0 spiro atoms. The molecule has 0 aliphatic rings. The average molecular weight is 269 g/mol. The second-order valence-corrected chi connectivity index (χ2v) is 4.06. The normalized spacial score (nSPS) is 11.7. The summed E-state index contributed by atoms with van der Waals surface area (Å²) in [5.41, 5.74) is 0.523. The van der Waals surface area contributed by atoms with Gasteiger partial charge in [-0.25, -0.2) is 4.79 Å². The lowest BCUT2D eigenvalue weighted by Gasteiger charge is -2.13. The Morgan fingerprint density at radius 2 is 2.11 bits per heavy atom. The molecule has 0 radical (unpaired) electrons. The number of ether oxygens (including phenoxy) is 1. The molecular weight excluding hydrogens is 256 g/mol.